The van der Waals surface area contributed by atoms with Gasteiger partial charge in [0.2, 0.25) is 5.88 Å². The monoisotopic (exact) mass is 422 g/mol. The number of rotatable bonds is 5. The molecule has 1 saturated heterocycles. The van der Waals surface area contributed by atoms with Crippen LogP contribution in [0, 0.1) is 0 Å². The SMILES string of the molecule is O=C(NC1CCN(C(=O)Nc2ccc(OCC(F)(F)F)nc2)CC1)c1ccccc1. The zero-order chi connectivity index (χ0) is 21.6. The van der Waals surface area contributed by atoms with Crippen LogP contribution in [0.5, 0.6) is 5.88 Å². The maximum Gasteiger partial charge on any atom is 0.422 e. The number of amides is 3. The molecule has 2 heterocycles. The largest absolute Gasteiger partial charge is 0.468 e. The number of likely N-dealkylation sites (tertiary alicyclic amines) is 1. The fourth-order valence-corrected chi connectivity index (χ4v) is 2.98. The Bertz CT molecular complexity index is 852. The Hall–Kier alpha value is -3.30. The Kier molecular flexibility index (Phi) is 6.76. The van der Waals surface area contributed by atoms with Crippen LogP contribution in [0.25, 0.3) is 0 Å². The predicted octanol–water partition coefficient (Wildman–Crippen LogP) is 3.45. The maximum atomic E-state index is 12.4. The van der Waals surface area contributed by atoms with Crippen LogP contribution in [0.3, 0.4) is 0 Å². The third-order valence-electron chi connectivity index (χ3n) is 4.52. The molecule has 10 heteroatoms. The molecule has 7 nitrogen and oxygen atoms in total. The zero-order valence-corrected chi connectivity index (χ0v) is 16.0. The normalized spacial score (nSPS) is 14.8. The van der Waals surface area contributed by atoms with E-state index in [1.807, 2.05) is 6.07 Å². The Labute approximate surface area is 171 Å². The van der Waals surface area contributed by atoms with Gasteiger partial charge in [-0.05, 0) is 31.0 Å². The number of aromatic nitrogens is 1. The first-order valence-electron chi connectivity index (χ1n) is 9.37. The van der Waals surface area contributed by atoms with Crippen molar-refractivity contribution in [2.45, 2.75) is 25.1 Å². The molecule has 30 heavy (non-hydrogen) atoms. The smallest absolute Gasteiger partial charge is 0.422 e. The van der Waals surface area contributed by atoms with E-state index in [4.69, 9.17) is 0 Å². The standard InChI is InChI=1S/C20H21F3N4O3/c21-20(22,23)13-30-17-7-6-16(12-24-17)26-19(29)27-10-8-15(9-11-27)25-18(28)14-4-2-1-3-5-14/h1-7,12,15H,8-11,13H2,(H,25,28)(H,26,29). The van der Waals surface area contributed by atoms with Gasteiger partial charge in [0.25, 0.3) is 5.91 Å². The van der Waals surface area contributed by atoms with Crippen molar-refractivity contribution in [3.63, 3.8) is 0 Å². The van der Waals surface area contributed by atoms with E-state index >= 15 is 0 Å². The molecule has 0 saturated carbocycles. The van der Waals surface area contributed by atoms with Gasteiger partial charge in [-0.25, -0.2) is 9.78 Å². The summed E-state index contributed by atoms with van der Waals surface area (Å²) in [5, 5.41) is 5.62. The second-order valence-corrected chi connectivity index (χ2v) is 6.82. The van der Waals surface area contributed by atoms with E-state index in [-0.39, 0.29) is 23.9 Å². The van der Waals surface area contributed by atoms with E-state index in [9.17, 15) is 22.8 Å². The van der Waals surface area contributed by atoms with Gasteiger partial charge in [0.05, 0.1) is 11.9 Å². The van der Waals surface area contributed by atoms with Crippen molar-refractivity contribution < 1.29 is 27.5 Å². The van der Waals surface area contributed by atoms with Crippen molar-refractivity contribution in [1.29, 1.82) is 0 Å². The lowest BCUT2D eigenvalue weighted by Crippen LogP contribution is -2.47. The fraction of sp³-hybridized carbons (Fsp3) is 0.350. The molecule has 0 bridgehead atoms. The molecule has 160 valence electrons. The molecule has 0 radical (unpaired) electrons. The Morgan fingerprint density at radius 3 is 2.40 bits per heavy atom. The predicted molar refractivity (Wildman–Crippen MR) is 103 cm³/mol. The summed E-state index contributed by atoms with van der Waals surface area (Å²) < 4.78 is 41.0. The third-order valence-corrected chi connectivity index (χ3v) is 4.52. The fourth-order valence-electron chi connectivity index (χ4n) is 2.98. The molecule has 1 aromatic carbocycles. The lowest BCUT2D eigenvalue weighted by molar-refractivity contribution is -0.154. The summed E-state index contributed by atoms with van der Waals surface area (Å²) >= 11 is 0. The first-order chi connectivity index (χ1) is 14.3. The highest BCUT2D eigenvalue weighted by Crippen LogP contribution is 2.19. The summed E-state index contributed by atoms with van der Waals surface area (Å²) in [6.07, 6.45) is -1.97. The molecule has 2 aromatic rings. The molecular weight excluding hydrogens is 401 g/mol. The summed E-state index contributed by atoms with van der Waals surface area (Å²) in [6.45, 7) is -0.501. The van der Waals surface area contributed by atoms with Crippen molar-refractivity contribution in [2.75, 3.05) is 25.0 Å². The number of carbonyl (C=O) groups excluding carboxylic acids is 2. The Morgan fingerprint density at radius 2 is 1.80 bits per heavy atom. The van der Waals surface area contributed by atoms with Gasteiger partial charge in [-0.1, -0.05) is 18.2 Å². The highest BCUT2D eigenvalue weighted by Gasteiger charge is 2.28. The minimum atomic E-state index is -4.44. The highest BCUT2D eigenvalue weighted by molar-refractivity contribution is 5.94. The van der Waals surface area contributed by atoms with Gasteiger partial charge in [0.15, 0.2) is 6.61 Å². The molecule has 0 atom stereocenters. The zero-order valence-electron chi connectivity index (χ0n) is 16.0. The van der Waals surface area contributed by atoms with E-state index in [1.165, 1.54) is 18.3 Å². The van der Waals surface area contributed by atoms with Gasteiger partial charge in [0.1, 0.15) is 0 Å². The number of benzene rings is 1. The summed E-state index contributed by atoms with van der Waals surface area (Å²) in [6, 6.07) is 11.2. The number of ether oxygens (including phenoxy) is 1. The van der Waals surface area contributed by atoms with Crippen molar-refractivity contribution in [3.05, 3.63) is 54.2 Å². The van der Waals surface area contributed by atoms with Crippen molar-refractivity contribution in [2.24, 2.45) is 0 Å². The first kappa shape index (κ1) is 21.4. The molecule has 0 unspecified atom stereocenters. The molecule has 3 amide bonds. The number of nitrogens with one attached hydrogen (secondary N) is 2. The molecule has 3 rings (SSSR count). The number of nitrogens with zero attached hydrogens (tertiary/aromatic N) is 2. The van der Waals surface area contributed by atoms with Crippen LogP contribution >= 0.6 is 0 Å². The third kappa shape index (κ3) is 6.36. The number of pyridine rings is 1. The van der Waals surface area contributed by atoms with Crippen molar-refractivity contribution in [1.82, 2.24) is 15.2 Å². The van der Waals surface area contributed by atoms with Crippen LogP contribution in [-0.2, 0) is 0 Å². The number of carbonyl (C=O) groups is 2. The number of urea groups is 1. The Morgan fingerprint density at radius 1 is 1.10 bits per heavy atom. The van der Waals surface area contributed by atoms with Gasteiger partial charge < -0.3 is 20.3 Å². The number of alkyl halides is 3. The van der Waals surface area contributed by atoms with E-state index in [2.05, 4.69) is 20.4 Å². The minimum absolute atomic E-state index is 0.0199. The van der Waals surface area contributed by atoms with Gasteiger partial charge in [-0.2, -0.15) is 13.2 Å². The lowest BCUT2D eigenvalue weighted by Gasteiger charge is -2.32. The van der Waals surface area contributed by atoms with Gasteiger partial charge in [0, 0.05) is 30.8 Å². The number of anilines is 1. The quantitative estimate of drug-likeness (QED) is 0.773. The summed E-state index contributed by atoms with van der Waals surface area (Å²) in [4.78, 5) is 30.0. The number of hydrogen-bond donors (Lipinski definition) is 2. The Balaban J connectivity index is 1.43. The molecule has 1 fully saturated rings. The van der Waals surface area contributed by atoms with Crippen LogP contribution in [0.4, 0.5) is 23.7 Å². The lowest BCUT2D eigenvalue weighted by atomic mass is 10.0. The van der Waals surface area contributed by atoms with Crippen LogP contribution in [0.15, 0.2) is 48.7 Å². The average Bonchev–Trinajstić information content (AvgIpc) is 2.74. The number of halogens is 3. The minimum Gasteiger partial charge on any atom is -0.468 e. The maximum absolute atomic E-state index is 12.4. The van der Waals surface area contributed by atoms with E-state index in [1.54, 1.807) is 29.2 Å². The first-order valence-corrected chi connectivity index (χ1v) is 9.37. The molecular formula is C20H21F3N4O3. The van der Waals surface area contributed by atoms with Crippen molar-refractivity contribution >= 4 is 17.6 Å². The average molecular weight is 422 g/mol. The van der Waals surface area contributed by atoms with E-state index < -0.39 is 12.8 Å². The van der Waals surface area contributed by atoms with Gasteiger partial charge >= 0.3 is 12.2 Å². The molecule has 1 aliphatic rings. The number of piperidine rings is 1. The van der Waals surface area contributed by atoms with Crippen LogP contribution < -0.4 is 15.4 Å². The molecule has 1 aliphatic heterocycles. The molecule has 2 N–H and O–H groups in total. The van der Waals surface area contributed by atoms with Crippen molar-refractivity contribution in [3.8, 4) is 5.88 Å². The van der Waals surface area contributed by atoms with E-state index in [0.717, 1.165) is 0 Å². The van der Waals surface area contributed by atoms with Gasteiger partial charge in [-0.3, -0.25) is 4.79 Å². The highest BCUT2D eigenvalue weighted by atomic mass is 19.4. The number of hydrogen-bond acceptors (Lipinski definition) is 4. The summed E-state index contributed by atoms with van der Waals surface area (Å²) in [5.74, 6) is -0.322. The van der Waals surface area contributed by atoms with Crippen LogP contribution in [0.2, 0.25) is 0 Å². The summed E-state index contributed by atoms with van der Waals surface area (Å²) in [5.41, 5.74) is 0.937. The van der Waals surface area contributed by atoms with E-state index in [0.29, 0.717) is 37.2 Å². The second kappa shape index (κ2) is 9.47. The molecule has 0 aliphatic carbocycles. The van der Waals surface area contributed by atoms with Gasteiger partial charge in [-0.15, -0.1) is 0 Å². The van der Waals surface area contributed by atoms with Crippen LogP contribution in [0.1, 0.15) is 23.2 Å². The summed E-state index contributed by atoms with van der Waals surface area (Å²) in [7, 11) is 0. The van der Waals surface area contributed by atoms with Crippen LogP contribution in [-0.4, -0.2) is 53.7 Å². The second-order valence-electron chi connectivity index (χ2n) is 6.82. The molecule has 1 aromatic heterocycles. The molecule has 0 spiro atoms. The topological polar surface area (TPSA) is 83.6 Å².